The summed E-state index contributed by atoms with van der Waals surface area (Å²) in [6, 6.07) is 67.4. The van der Waals surface area contributed by atoms with E-state index in [9.17, 15) is 0 Å². The summed E-state index contributed by atoms with van der Waals surface area (Å²) in [4.78, 5) is 0. The Hall–Kier alpha value is -7.10. The molecule has 0 saturated carbocycles. The van der Waals surface area contributed by atoms with Crippen molar-refractivity contribution < 1.29 is 9.47 Å². The molecule has 0 unspecified atom stereocenters. The zero-order chi connectivity index (χ0) is 36.9. The van der Waals surface area contributed by atoms with Crippen LogP contribution in [-0.4, -0.2) is 18.8 Å². The van der Waals surface area contributed by atoms with E-state index in [2.05, 4.69) is 193 Å². The van der Waals surface area contributed by atoms with E-state index in [1.165, 1.54) is 32.3 Å². The molecule has 9 aromatic carbocycles. The lowest BCUT2D eigenvalue weighted by Crippen LogP contribution is -2.02. The van der Waals surface area contributed by atoms with Crippen LogP contribution >= 0.6 is 0 Å². The average molecular weight is 708 g/mol. The Morgan fingerprint density at radius 1 is 0.309 bits per heavy atom. The van der Waals surface area contributed by atoms with E-state index in [-0.39, 0.29) is 0 Å². The van der Waals surface area contributed by atoms with E-state index in [0.717, 1.165) is 72.7 Å². The number of methoxy groups -OCH3 is 2. The van der Waals surface area contributed by atoms with Crippen molar-refractivity contribution in [1.29, 1.82) is 0 Å². The molecule has 0 aliphatic heterocycles. The van der Waals surface area contributed by atoms with Gasteiger partial charge in [0, 0.05) is 39.1 Å². The fraction of sp³-hybridized carbons (Fsp3) is 0.0385. The number of hydrogen-bond acceptors (Lipinski definition) is 2. The largest absolute Gasteiger partial charge is 0.496 e. The van der Waals surface area contributed by atoms with Crippen molar-refractivity contribution in [2.75, 3.05) is 14.2 Å². The van der Waals surface area contributed by atoms with Crippen molar-refractivity contribution in [2.45, 2.75) is 0 Å². The molecular formula is C52H37NO2. The van der Waals surface area contributed by atoms with Crippen molar-refractivity contribution in [3.63, 3.8) is 0 Å². The molecule has 0 N–H and O–H groups in total. The molecule has 3 nitrogen and oxygen atoms in total. The Kier molecular flexibility index (Phi) is 7.92. The van der Waals surface area contributed by atoms with Gasteiger partial charge in [-0.25, -0.2) is 0 Å². The summed E-state index contributed by atoms with van der Waals surface area (Å²) in [6.45, 7) is 0. The number of para-hydroxylation sites is 1. The predicted octanol–water partition coefficient (Wildman–Crippen LogP) is 13.8. The van der Waals surface area contributed by atoms with Gasteiger partial charge in [-0.2, -0.15) is 0 Å². The van der Waals surface area contributed by atoms with Gasteiger partial charge in [-0.05, 0) is 79.5 Å². The summed E-state index contributed by atoms with van der Waals surface area (Å²) < 4.78 is 14.8. The summed E-state index contributed by atoms with van der Waals surface area (Å²) >= 11 is 0. The topological polar surface area (TPSA) is 23.4 Å². The van der Waals surface area contributed by atoms with Crippen molar-refractivity contribution in [1.82, 2.24) is 4.57 Å². The number of ether oxygens (including phenoxy) is 2. The first-order chi connectivity index (χ1) is 27.2. The van der Waals surface area contributed by atoms with Gasteiger partial charge in [0.1, 0.15) is 11.5 Å². The van der Waals surface area contributed by atoms with Gasteiger partial charge >= 0.3 is 0 Å². The van der Waals surface area contributed by atoms with Crippen molar-refractivity contribution in [3.05, 3.63) is 188 Å². The molecule has 3 heteroatoms. The van der Waals surface area contributed by atoms with E-state index in [4.69, 9.17) is 9.47 Å². The highest BCUT2D eigenvalue weighted by Gasteiger charge is 2.25. The predicted molar refractivity (Wildman–Crippen MR) is 231 cm³/mol. The molecular weight excluding hydrogens is 671 g/mol. The standard InChI is InChI=1S/C52H37NO2/c1-54-47-32-26-36-16-8-12-22-41(36)51(47)49-39-20-10-6-14-34(39)24-28-43(49)45-30-31-46(53(45)38-18-4-3-5-19-38)44-29-25-35-15-7-11-21-40(35)50(44)52-42-23-13-9-17-37(42)27-33-48(52)55-2/h3-33H,1-2H3. The summed E-state index contributed by atoms with van der Waals surface area (Å²) in [7, 11) is 3.54. The first kappa shape index (κ1) is 32.5. The van der Waals surface area contributed by atoms with Crippen LogP contribution in [0.4, 0.5) is 0 Å². The molecule has 55 heavy (non-hydrogen) atoms. The molecule has 262 valence electrons. The van der Waals surface area contributed by atoms with E-state index < -0.39 is 0 Å². The number of nitrogens with zero attached hydrogens (tertiary/aromatic N) is 1. The van der Waals surface area contributed by atoms with Crippen molar-refractivity contribution in [3.8, 4) is 62.0 Å². The van der Waals surface area contributed by atoms with Crippen LogP contribution in [0, 0.1) is 0 Å². The van der Waals surface area contributed by atoms with Gasteiger partial charge in [-0.3, -0.25) is 0 Å². The SMILES string of the molecule is COc1ccc2ccccc2c1-c1c(-c2ccc(-c3ccc4ccccc4c3-c3c(OC)ccc4ccccc34)n2-c2ccccc2)ccc2ccccc12. The maximum atomic E-state index is 6.18. The van der Waals surface area contributed by atoms with E-state index >= 15 is 0 Å². The highest BCUT2D eigenvalue weighted by atomic mass is 16.5. The number of hydrogen-bond donors (Lipinski definition) is 0. The van der Waals surface area contributed by atoms with Crippen LogP contribution < -0.4 is 9.47 Å². The minimum absolute atomic E-state index is 0.842. The number of benzene rings is 9. The monoisotopic (exact) mass is 707 g/mol. The van der Waals surface area contributed by atoms with Gasteiger partial charge in [0.2, 0.25) is 0 Å². The second-order valence-electron chi connectivity index (χ2n) is 13.9. The van der Waals surface area contributed by atoms with E-state index in [0.29, 0.717) is 0 Å². The third-order valence-corrected chi connectivity index (χ3v) is 11.0. The van der Waals surface area contributed by atoms with Crippen molar-refractivity contribution in [2.24, 2.45) is 0 Å². The van der Waals surface area contributed by atoms with Crippen molar-refractivity contribution >= 4 is 43.1 Å². The molecule has 0 bridgehead atoms. The minimum Gasteiger partial charge on any atom is -0.496 e. The van der Waals surface area contributed by atoms with Crippen LogP contribution in [0.1, 0.15) is 0 Å². The maximum absolute atomic E-state index is 6.18. The zero-order valence-corrected chi connectivity index (χ0v) is 30.7. The molecule has 0 amide bonds. The number of aromatic nitrogens is 1. The second kappa shape index (κ2) is 13.4. The quantitative estimate of drug-likeness (QED) is 0.165. The van der Waals surface area contributed by atoms with Gasteiger partial charge in [0.15, 0.2) is 0 Å². The van der Waals surface area contributed by atoms with Gasteiger partial charge in [-0.1, -0.05) is 152 Å². The molecule has 0 aliphatic carbocycles. The van der Waals surface area contributed by atoms with Crippen LogP contribution in [0.25, 0.3) is 93.5 Å². The average Bonchev–Trinajstić information content (AvgIpc) is 3.70. The summed E-state index contributed by atoms with van der Waals surface area (Å²) in [5.41, 5.74) is 9.93. The highest BCUT2D eigenvalue weighted by Crippen LogP contribution is 2.50. The van der Waals surface area contributed by atoms with Crippen LogP contribution in [0.5, 0.6) is 11.5 Å². The molecule has 10 aromatic rings. The molecule has 0 atom stereocenters. The van der Waals surface area contributed by atoms with E-state index in [1.54, 1.807) is 14.2 Å². The molecule has 1 heterocycles. The zero-order valence-electron chi connectivity index (χ0n) is 30.7. The Labute approximate surface area is 320 Å². The highest BCUT2D eigenvalue weighted by molar-refractivity contribution is 6.14. The van der Waals surface area contributed by atoms with Gasteiger partial charge in [0.25, 0.3) is 0 Å². The lowest BCUT2D eigenvalue weighted by atomic mass is 9.88. The first-order valence-electron chi connectivity index (χ1n) is 18.7. The maximum Gasteiger partial charge on any atom is 0.127 e. The Bertz CT molecular complexity index is 2880. The molecule has 0 fully saturated rings. The van der Waals surface area contributed by atoms with Gasteiger partial charge in [-0.15, -0.1) is 0 Å². The molecule has 0 radical (unpaired) electrons. The third kappa shape index (κ3) is 5.27. The normalized spacial score (nSPS) is 11.5. The Morgan fingerprint density at radius 2 is 0.655 bits per heavy atom. The van der Waals surface area contributed by atoms with Gasteiger partial charge in [0.05, 0.1) is 25.6 Å². The fourth-order valence-corrected chi connectivity index (χ4v) is 8.58. The lowest BCUT2D eigenvalue weighted by molar-refractivity contribution is 0.417. The van der Waals surface area contributed by atoms with Crippen LogP contribution in [-0.2, 0) is 0 Å². The smallest absolute Gasteiger partial charge is 0.127 e. The molecule has 0 spiro atoms. The molecule has 10 rings (SSSR count). The fourth-order valence-electron chi connectivity index (χ4n) is 8.58. The number of rotatable bonds is 7. The Balaban J connectivity index is 1.34. The first-order valence-corrected chi connectivity index (χ1v) is 18.7. The summed E-state index contributed by atoms with van der Waals surface area (Å²) in [6.07, 6.45) is 0. The second-order valence-corrected chi connectivity index (χ2v) is 13.9. The number of fused-ring (bicyclic) bond motifs is 4. The van der Waals surface area contributed by atoms with Gasteiger partial charge < -0.3 is 14.0 Å². The van der Waals surface area contributed by atoms with Crippen LogP contribution in [0.3, 0.4) is 0 Å². The third-order valence-electron chi connectivity index (χ3n) is 11.0. The summed E-state index contributed by atoms with van der Waals surface area (Å²) in [5, 5.41) is 9.33. The van der Waals surface area contributed by atoms with Crippen LogP contribution in [0.15, 0.2) is 188 Å². The lowest BCUT2D eigenvalue weighted by Gasteiger charge is -2.22. The van der Waals surface area contributed by atoms with Crippen LogP contribution in [0.2, 0.25) is 0 Å². The van der Waals surface area contributed by atoms with E-state index in [1.807, 2.05) is 0 Å². The molecule has 0 saturated heterocycles. The minimum atomic E-state index is 0.842. The molecule has 0 aliphatic rings. The summed E-state index contributed by atoms with van der Waals surface area (Å²) in [5.74, 6) is 1.68. The molecule has 1 aromatic heterocycles. The Morgan fingerprint density at radius 3 is 1.05 bits per heavy atom.